The molecule has 1 aliphatic rings. The number of nitrogens with zero attached hydrogens (tertiary/aromatic N) is 5. The van der Waals surface area contributed by atoms with Gasteiger partial charge in [-0.05, 0) is 35.4 Å². The van der Waals surface area contributed by atoms with Crippen LogP contribution in [-0.2, 0) is 0 Å². The average Bonchev–Trinajstić information content (AvgIpc) is 3.24. The number of pyridine rings is 1. The second kappa shape index (κ2) is 8.61. The van der Waals surface area contributed by atoms with Gasteiger partial charge in [-0.25, -0.2) is 9.50 Å². The average molecular weight is 400 g/mol. The van der Waals surface area contributed by atoms with E-state index in [2.05, 4.69) is 37.4 Å². The van der Waals surface area contributed by atoms with E-state index >= 15 is 0 Å². The number of piperazine rings is 1. The van der Waals surface area contributed by atoms with Crippen LogP contribution in [0, 0.1) is 0 Å². The van der Waals surface area contributed by atoms with Crippen LogP contribution in [0.2, 0.25) is 0 Å². The lowest BCUT2D eigenvalue weighted by Gasteiger charge is -2.26. The second-order valence-electron chi connectivity index (χ2n) is 7.37. The van der Waals surface area contributed by atoms with Crippen LogP contribution in [0.3, 0.4) is 0 Å². The Kier molecular flexibility index (Phi) is 5.37. The monoisotopic (exact) mass is 400 g/mol. The molecule has 0 amide bonds. The lowest BCUT2D eigenvalue weighted by molar-refractivity contribution is 0.191. The van der Waals surface area contributed by atoms with Crippen molar-refractivity contribution in [3.63, 3.8) is 0 Å². The maximum atomic E-state index is 5.92. The summed E-state index contributed by atoms with van der Waals surface area (Å²) in [6.45, 7) is 5.98. The van der Waals surface area contributed by atoms with Gasteiger partial charge in [-0.1, -0.05) is 12.1 Å². The van der Waals surface area contributed by atoms with Crippen molar-refractivity contribution in [2.24, 2.45) is 0 Å². The zero-order valence-corrected chi connectivity index (χ0v) is 16.7. The van der Waals surface area contributed by atoms with Crippen molar-refractivity contribution in [3.05, 3.63) is 67.4 Å². The predicted octanol–water partition coefficient (Wildman–Crippen LogP) is 2.74. The maximum absolute atomic E-state index is 5.92. The molecule has 152 valence electrons. The highest BCUT2D eigenvalue weighted by molar-refractivity contribution is 5.77. The third-order valence-corrected chi connectivity index (χ3v) is 5.42. The second-order valence-corrected chi connectivity index (χ2v) is 7.37. The molecule has 4 aromatic rings. The first-order chi connectivity index (χ1) is 14.9. The molecule has 5 rings (SSSR count). The summed E-state index contributed by atoms with van der Waals surface area (Å²) < 4.78 is 7.74. The topological polar surface area (TPSA) is 67.6 Å². The molecule has 7 heteroatoms. The molecule has 0 spiro atoms. The lowest BCUT2D eigenvalue weighted by atomic mass is 10.1. The number of hydrogen-bond acceptors (Lipinski definition) is 6. The minimum absolute atomic E-state index is 0.706. The van der Waals surface area contributed by atoms with E-state index in [-0.39, 0.29) is 0 Å². The lowest BCUT2D eigenvalue weighted by Crippen LogP contribution is -2.44. The van der Waals surface area contributed by atoms with Gasteiger partial charge in [0.05, 0.1) is 6.20 Å². The van der Waals surface area contributed by atoms with Gasteiger partial charge in [-0.3, -0.25) is 9.88 Å². The number of rotatable bonds is 6. The summed E-state index contributed by atoms with van der Waals surface area (Å²) in [6.07, 6.45) is 9.30. The van der Waals surface area contributed by atoms with Gasteiger partial charge in [0, 0.05) is 68.6 Å². The van der Waals surface area contributed by atoms with Crippen molar-refractivity contribution in [2.45, 2.75) is 0 Å². The minimum Gasteiger partial charge on any atom is -0.492 e. The molecule has 0 bridgehead atoms. The molecule has 30 heavy (non-hydrogen) atoms. The molecule has 1 saturated heterocycles. The molecule has 0 unspecified atom stereocenters. The Balaban J connectivity index is 1.27. The largest absolute Gasteiger partial charge is 0.492 e. The van der Waals surface area contributed by atoms with E-state index in [4.69, 9.17) is 4.74 Å². The summed E-state index contributed by atoms with van der Waals surface area (Å²) in [5.74, 6) is 0.891. The zero-order valence-electron chi connectivity index (χ0n) is 16.7. The van der Waals surface area contributed by atoms with Gasteiger partial charge in [0.1, 0.15) is 12.4 Å². The molecule has 0 atom stereocenters. The number of aromatic nitrogens is 4. The van der Waals surface area contributed by atoms with E-state index in [0.717, 1.165) is 66.4 Å². The molecule has 1 aromatic carbocycles. The first-order valence-electron chi connectivity index (χ1n) is 10.3. The molecule has 0 radical (unpaired) electrons. The summed E-state index contributed by atoms with van der Waals surface area (Å²) in [5, 5.41) is 7.85. The molecule has 1 N–H and O–H groups in total. The van der Waals surface area contributed by atoms with Gasteiger partial charge < -0.3 is 10.1 Å². The van der Waals surface area contributed by atoms with Gasteiger partial charge >= 0.3 is 0 Å². The Hall–Kier alpha value is -3.29. The fourth-order valence-corrected chi connectivity index (χ4v) is 3.73. The number of benzene rings is 1. The van der Waals surface area contributed by atoms with E-state index in [0.29, 0.717) is 6.61 Å². The Labute approximate surface area is 175 Å². The summed E-state index contributed by atoms with van der Waals surface area (Å²) in [7, 11) is 0. The number of ether oxygens (including phenoxy) is 1. The Morgan fingerprint density at radius 2 is 1.70 bits per heavy atom. The quantitative estimate of drug-likeness (QED) is 0.537. The molecule has 0 saturated carbocycles. The van der Waals surface area contributed by atoms with Crippen LogP contribution < -0.4 is 10.1 Å². The first-order valence-corrected chi connectivity index (χ1v) is 10.3. The van der Waals surface area contributed by atoms with Crippen molar-refractivity contribution >= 4 is 5.65 Å². The fraction of sp³-hybridized carbons (Fsp3) is 0.261. The Morgan fingerprint density at radius 1 is 0.900 bits per heavy atom. The highest BCUT2D eigenvalue weighted by Crippen LogP contribution is 2.26. The van der Waals surface area contributed by atoms with Crippen LogP contribution in [-0.4, -0.2) is 63.8 Å². The van der Waals surface area contributed by atoms with Gasteiger partial charge in [-0.15, -0.1) is 0 Å². The SMILES string of the molecule is c1cc(-c2cnn3cc(-c4ccc(OCCN5CCNCC5)cc4)cnc23)ccn1. The van der Waals surface area contributed by atoms with Gasteiger partial charge in [0.25, 0.3) is 0 Å². The van der Waals surface area contributed by atoms with Crippen LogP contribution in [0.1, 0.15) is 0 Å². The Bertz CT molecular complexity index is 1100. The summed E-state index contributed by atoms with van der Waals surface area (Å²) in [5.41, 5.74) is 4.98. The standard InChI is InChI=1S/C23H24N6O/c1-3-21(30-14-13-28-11-9-25-10-12-28)4-2-18(1)20-15-26-23-22(16-27-29(23)17-20)19-5-7-24-8-6-19/h1-8,15-17,25H,9-14H2. The Morgan fingerprint density at radius 3 is 2.50 bits per heavy atom. The molecule has 0 aliphatic carbocycles. The summed E-state index contributed by atoms with van der Waals surface area (Å²) in [4.78, 5) is 11.2. The van der Waals surface area contributed by atoms with E-state index in [1.54, 1.807) is 12.4 Å². The third kappa shape index (κ3) is 4.03. The van der Waals surface area contributed by atoms with Crippen molar-refractivity contribution in [1.82, 2.24) is 29.8 Å². The molecular weight excluding hydrogens is 376 g/mol. The molecule has 1 fully saturated rings. The molecule has 4 heterocycles. The molecule has 7 nitrogen and oxygen atoms in total. The van der Waals surface area contributed by atoms with E-state index in [1.807, 2.05) is 47.4 Å². The molecular formula is C23H24N6O. The van der Waals surface area contributed by atoms with E-state index < -0.39 is 0 Å². The van der Waals surface area contributed by atoms with Crippen molar-refractivity contribution in [2.75, 3.05) is 39.3 Å². The van der Waals surface area contributed by atoms with Gasteiger partial charge in [0.15, 0.2) is 5.65 Å². The molecule has 1 aliphatic heterocycles. The smallest absolute Gasteiger partial charge is 0.162 e. The number of nitrogens with one attached hydrogen (secondary N) is 1. The van der Waals surface area contributed by atoms with Crippen molar-refractivity contribution in [3.8, 4) is 28.0 Å². The number of fused-ring (bicyclic) bond motifs is 1. The van der Waals surface area contributed by atoms with E-state index in [9.17, 15) is 0 Å². The van der Waals surface area contributed by atoms with Crippen LogP contribution in [0.15, 0.2) is 67.4 Å². The van der Waals surface area contributed by atoms with Gasteiger partial charge in [0.2, 0.25) is 0 Å². The van der Waals surface area contributed by atoms with Crippen LogP contribution in [0.5, 0.6) is 5.75 Å². The number of hydrogen-bond donors (Lipinski definition) is 1. The van der Waals surface area contributed by atoms with Gasteiger partial charge in [-0.2, -0.15) is 5.10 Å². The summed E-state index contributed by atoms with van der Waals surface area (Å²) >= 11 is 0. The highest BCUT2D eigenvalue weighted by atomic mass is 16.5. The van der Waals surface area contributed by atoms with Crippen LogP contribution in [0.25, 0.3) is 27.9 Å². The van der Waals surface area contributed by atoms with Crippen LogP contribution in [0.4, 0.5) is 0 Å². The van der Waals surface area contributed by atoms with Crippen LogP contribution >= 0.6 is 0 Å². The minimum atomic E-state index is 0.706. The maximum Gasteiger partial charge on any atom is 0.162 e. The van der Waals surface area contributed by atoms with Crippen molar-refractivity contribution < 1.29 is 4.74 Å². The van der Waals surface area contributed by atoms with Crippen molar-refractivity contribution in [1.29, 1.82) is 0 Å². The highest BCUT2D eigenvalue weighted by Gasteiger charge is 2.10. The zero-order chi connectivity index (χ0) is 20.2. The predicted molar refractivity (Wildman–Crippen MR) is 116 cm³/mol. The van der Waals surface area contributed by atoms with E-state index in [1.165, 1.54) is 0 Å². The first kappa shape index (κ1) is 18.7. The third-order valence-electron chi connectivity index (χ3n) is 5.42. The normalized spacial score (nSPS) is 14.8. The summed E-state index contributed by atoms with van der Waals surface area (Å²) in [6, 6.07) is 12.1. The molecule has 3 aromatic heterocycles. The fourth-order valence-electron chi connectivity index (χ4n) is 3.73.